The van der Waals surface area contributed by atoms with Crippen LogP contribution in [0, 0.1) is 5.92 Å². The Bertz CT molecular complexity index is 900. The molecule has 0 spiro atoms. The third-order valence-electron chi connectivity index (χ3n) is 4.29. The van der Waals surface area contributed by atoms with E-state index in [4.69, 9.17) is 9.84 Å². The van der Waals surface area contributed by atoms with E-state index in [0.29, 0.717) is 0 Å². The van der Waals surface area contributed by atoms with Crippen LogP contribution in [-0.2, 0) is 30.3 Å². The molecule has 0 aliphatic heterocycles. The second-order valence-electron chi connectivity index (χ2n) is 7.26. The molecule has 0 bridgehead atoms. The van der Waals surface area contributed by atoms with E-state index >= 15 is 0 Å². The highest BCUT2D eigenvalue weighted by molar-refractivity contribution is 5.94. The first-order valence-electron chi connectivity index (χ1n) is 9.42. The van der Waals surface area contributed by atoms with Gasteiger partial charge in [0, 0.05) is 6.42 Å². The molecule has 0 radical (unpaired) electrons. The van der Waals surface area contributed by atoms with Crippen LogP contribution in [0.3, 0.4) is 0 Å². The topological polar surface area (TPSA) is 110 Å². The Morgan fingerprint density at radius 2 is 1.69 bits per heavy atom. The van der Waals surface area contributed by atoms with Gasteiger partial charge in [-0.1, -0.05) is 56.3 Å². The number of fused-ring (bicyclic) bond motifs is 1. The quantitative estimate of drug-likeness (QED) is 0.594. The summed E-state index contributed by atoms with van der Waals surface area (Å²) in [6.45, 7) is 3.08. The van der Waals surface area contributed by atoms with Gasteiger partial charge < -0.3 is 15.2 Å². The average molecular weight is 399 g/mol. The van der Waals surface area contributed by atoms with Gasteiger partial charge in [-0.3, -0.25) is 19.2 Å². The van der Waals surface area contributed by atoms with Crippen LogP contribution in [-0.4, -0.2) is 41.4 Å². The van der Waals surface area contributed by atoms with Crippen molar-refractivity contribution in [3.63, 3.8) is 0 Å². The minimum Gasteiger partial charge on any atom is -0.481 e. The van der Waals surface area contributed by atoms with Gasteiger partial charge in [-0.25, -0.2) is 0 Å². The van der Waals surface area contributed by atoms with Crippen molar-refractivity contribution in [2.24, 2.45) is 5.92 Å². The summed E-state index contributed by atoms with van der Waals surface area (Å²) in [6.07, 6.45) is -0.411. The lowest BCUT2D eigenvalue weighted by Gasteiger charge is -2.17. The van der Waals surface area contributed by atoms with Crippen LogP contribution in [0.4, 0.5) is 0 Å². The number of ether oxygens (including phenoxy) is 1. The lowest BCUT2D eigenvalue weighted by Crippen LogP contribution is -2.44. The lowest BCUT2D eigenvalue weighted by atomic mass is 10.0. The minimum absolute atomic E-state index is 0.0159. The number of carbonyl (C=O) groups is 4. The maximum Gasteiger partial charge on any atom is 0.310 e. The normalized spacial score (nSPS) is 11.8. The maximum atomic E-state index is 12.3. The Balaban J connectivity index is 1.96. The molecule has 0 heterocycles. The molecule has 2 N–H and O–H groups in total. The van der Waals surface area contributed by atoms with Crippen molar-refractivity contribution in [3.8, 4) is 0 Å². The zero-order valence-electron chi connectivity index (χ0n) is 16.5. The van der Waals surface area contributed by atoms with Crippen molar-refractivity contribution < 1.29 is 29.0 Å². The Kier molecular flexibility index (Phi) is 7.88. The standard InChI is InChI=1S/C22H25NO6/c1-14(2)10-20(25)23-18(12-21(26)27)19(24)13-29-22(28)11-16-8-5-7-15-6-3-4-9-17(15)16/h3-9,14,18H,10-13H2,1-2H3,(H,23,25)(H,26,27). The smallest absolute Gasteiger partial charge is 0.310 e. The highest BCUT2D eigenvalue weighted by Crippen LogP contribution is 2.19. The third kappa shape index (κ3) is 7.03. The van der Waals surface area contributed by atoms with Gasteiger partial charge in [0.2, 0.25) is 5.91 Å². The molecule has 29 heavy (non-hydrogen) atoms. The number of carbonyl (C=O) groups excluding carboxylic acids is 3. The molecule has 2 aromatic carbocycles. The van der Waals surface area contributed by atoms with Gasteiger partial charge in [0.25, 0.3) is 0 Å². The molecule has 1 atom stereocenters. The number of ketones is 1. The fourth-order valence-electron chi connectivity index (χ4n) is 2.95. The Morgan fingerprint density at radius 1 is 1.00 bits per heavy atom. The Hall–Kier alpha value is -3.22. The number of carboxylic acids is 1. The van der Waals surface area contributed by atoms with Gasteiger partial charge in [-0.05, 0) is 22.3 Å². The number of rotatable bonds is 10. The van der Waals surface area contributed by atoms with Crippen LogP contribution in [0.2, 0.25) is 0 Å². The summed E-state index contributed by atoms with van der Waals surface area (Å²) in [5.41, 5.74) is 0.771. The van der Waals surface area contributed by atoms with E-state index in [2.05, 4.69) is 5.32 Å². The number of hydrogen-bond acceptors (Lipinski definition) is 5. The number of esters is 1. The predicted molar refractivity (Wildman–Crippen MR) is 107 cm³/mol. The van der Waals surface area contributed by atoms with Gasteiger partial charge in [0.15, 0.2) is 12.4 Å². The number of nitrogens with one attached hydrogen (secondary N) is 1. The molecule has 2 aromatic rings. The summed E-state index contributed by atoms with van der Waals surface area (Å²) < 4.78 is 5.05. The van der Waals surface area contributed by atoms with Crippen LogP contribution >= 0.6 is 0 Å². The van der Waals surface area contributed by atoms with Crippen LogP contribution in [0.25, 0.3) is 10.8 Å². The van der Waals surface area contributed by atoms with E-state index in [1.54, 1.807) is 0 Å². The van der Waals surface area contributed by atoms with Gasteiger partial charge in [-0.2, -0.15) is 0 Å². The van der Waals surface area contributed by atoms with Gasteiger partial charge in [0.05, 0.1) is 12.8 Å². The highest BCUT2D eigenvalue weighted by atomic mass is 16.5. The number of Topliss-reactive ketones (excluding diaryl/α,β-unsaturated/α-hetero) is 1. The van der Waals surface area contributed by atoms with Gasteiger partial charge >= 0.3 is 11.9 Å². The molecule has 0 saturated heterocycles. The fourth-order valence-corrected chi connectivity index (χ4v) is 2.95. The molecular weight excluding hydrogens is 374 g/mol. The largest absolute Gasteiger partial charge is 0.481 e. The van der Waals surface area contributed by atoms with Crippen LogP contribution < -0.4 is 5.32 Å². The van der Waals surface area contributed by atoms with E-state index in [9.17, 15) is 19.2 Å². The zero-order valence-corrected chi connectivity index (χ0v) is 16.5. The zero-order chi connectivity index (χ0) is 21.4. The summed E-state index contributed by atoms with van der Waals surface area (Å²) in [6, 6.07) is 12.0. The summed E-state index contributed by atoms with van der Waals surface area (Å²) in [5, 5.41) is 13.3. The molecule has 7 nitrogen and oxygen atoms in total. The first-order chi connectivity index (χ1) is 13.8. The molecule has 1 unspecified atom stereocenters. The Morgan fingerprint density at radius 3 is 2.38 bits per heavy atom. The van der Waals surface area contributed by atoms with Crippen molar-refractivity contribution in [1.82, 2.24) is 5.32 Å². The number of amides is 1. The molecule has 0 aliphatic rings. The van der Waals surface area contributed by atoms with Crippen molar-refractivity contribution in [2.75, 3.05) is 6.61 Å². The third-order valence-corrected chi connectivity index (χ3v) is 4.29. The van der Waals surface area contributed by atoms with E-state index in [-0.39, 0.29) is 18.8 Å². The minimum atomic E-state index is -1.23. The van der Waals surface area contributed by atoms with Crippen molar-refractivity contribution >= 4 is 34.4 Å². The molecule has 0 aliphatic carbocycles. The molecule has 154 valence electrons. The predicted octanol–water partition coefficient (Wildman–Crippen LogP) is 2.50. The van der Waals surface area contributed by atoms with E-state index < -0.39 is 42.7 Å². The molecule has 0 aromatic heterocycles. The molecule has 1 amide bonds. The number of benzene rings is 2. The summed E-state index contributed by atoms with van der Waals surface area (Å²) in [5.74, 6) is -2.83. The second-order valence-corrected chi connectivity index (χ2v) is 7.26. The average Bonchev–Trinajstić information content (AvgIpc) is 2.65. The lowest BCUT2D eigenvalue weighted by molar-refractivity contribution is -0.148. The SMILES string of the molecule is CC(C)CC(=O)NC(CC(=O)O)C(=O)COC(=O)Cc1cccc2ccccc12. The summed E-state index contributed by atoms with van der Waals surface area (Å²) in [7, 11) is 0. The van der Waals surface area contributed by atoms with Gasteiger partial charge in [0.1, 0.15) is 6.04 Å². The number of hydrogen-bond donors (Lipinski definition) is 2. The van der Waals surface area contributed by atoms with E-state index in [0.717, 1.165) is 16.3 Å². The summed E-state index contributed by atoms with van der Waals surface area (Å²) in [4.78, 5) is 47.4. The van der Waals surface area contributed by atoms with Crippen LogP contribution in [0.5, 0.6) is 0 Å². The molecule has 0 saturated carbocycles. The maximum absolute atomic E-state index is 12.3. The van der Waals surface area contributed by atoms with E-state index in [1.807, 2.05) is 56.3 Å². The Labute approximate surface area is 169 Å². The van der Waals surface area contributed by atoms with E-state index in [1.165, 1.54) is 0 Å². The summed E-state index contributed by atoms with van der Waals surface area (Å²) >= 11 is 0. The first kappa shape index (κ1) is 22.1. The second kappa shape index (κ2) is 10.4. The van der Waals surface area contributed by atoms with Gasteiger partial charge in [-0.15, -0.1) is 0 Å². The van der Waals surface area contributed by atoms with Crippen molar-refractivity contribution in [1.29, 1.82) is 0 Å². The highest BCUT2D eigenvalue weighted by Gasteiger charge is 2.25. The van der Waals surface area contributed by atoms with Crippen LogP contribution in [0.15, 0.2) is 42.5 Å². The number of carboxylic acid groups (broad SMARTS) is 1. The molecular formula is C22H25NO6. The molecule has 7 heteroatoms. The van der Waals surface area contributed by atoms with Crippen molar-refractivity contribution in [2.45, 2.75) is 39.2 Å². The van der Waals surface area contributed by atoms with Crippen molar-refractivity contribution in [3.05, 3.63) is 48.0 Å². The van der Waals surface area contributed by atoms with Crippen LogP contribution in [0.1, 0.15) is 32.3 Å². The fraction of sp³-hybridized carbons (Fsp3) is 0.364. The monoisotopic (exact) mass is 399 g/mol. The molecule has 2 rings (SSSR count). The number of aliphatic carboxylic acids is 1. The molecule has 0 fully saturated rings. The first-order valence-corrected chi connectivity index (χ1v) is 9.42.